The molecule has 0 aliphatic heterocycles. The molecule has 6 heteroatoms. The lowest BCUT2D eigenvalue weighted by molar-refractivity contribution is -0.123. The first-order valence-corrected chi connectivity index (χ1v) is 10.5. The van der Waals surface area contributed by atoms with Crippen molar-refractivity contribution in [2.45, 2.75) is 44.7 Å². The molecule has 0 saturated heterocycles. The van der Waals surface area contributed by atoms with Crippen LogP contribution in [0.3, 0.4) is 0 Å². The van der Waals surface area contributed by atoms with Crippen molar-refractivity contribution in [1.29, 1.82) is 0 Å². The van der Waals surface area contributed by atoms with Gasteiger partial charge in [-0.15, -0.1) is 11.3 Å². The van der Waals surface area contributed by atoms with Gasteiger partial charge in [-0.05, 0) is 36.3 Å². The van der Waals surface area contributed by atoms with Gasteiger partial charge in [-0.2, -0.15) is 0 Å². The molecule has 0 aliphatic carbocycles. The van der Waals surface area contributed by atoms with Crippen LogP contribution in [0.2, 0.25) is 0 Å². The average molecular weight is 400 g/mol. The Labute approximate surface area is 171 Å². The van der Waals surface area contributed by atoms with Gasteiger partial charge in [-0.25, -0.2) is 0 Å². The largest absolute Gasteiger partial charge is 0.353 e. The summed E-state index contributed by atoms with van der Waals surface area (Å²) < 4.78 is 0. The van der Waals surface area contributed by atoms with Crippen molar-refractivity contribution >= 4 is 23.2 Å². The van der Waals surface area contributed by atoms with E-state index in [1.807, 2.05) is 42.6 Å². The number of rotatable bonds is 11. The summed E-state index contributed by atoms with van der Waals surface area (Å²) in [7, 11) is 0. The molecule has 1 aromatic carbocycles. The highest BCUT2D eigenvalue weighted by Crippen LogP contribution is 2.11. The Kier molecular flexibility index (Phi) is 9.45. The molecular weight excluding hydrogens is 370 g/mol. The first kappa shape index (κ1) is 21.9. The van der Waals surface area contributed by atoms with E-state index in [0.29, 0.717) is 19.4 Å². The second-order valence-corrected chi connectivity index (χ2v) is 7.71. The minimum absolute atomic E-state index is 0.149. The van der Waals surface area contributed by atoms with E-state index in [4.69, 9.17) is 5.73 Å². The number of amides is 2. The minimum atomic E-state index is -0.611. The maximum atomic E-state index is 12.5. The summed E-state index contributed by atoms with van der Waals surface area (Å²) in [6.45, 7) is 2.64. The Hall–Kier alpha value is -2.44. The van der Waals surface area contributed by atoms with Gasteiger partial charge in [0, 0.05) is 30.0 Å². The number of hydrogen-bond donors (Lipinski definition) is 3. The molecular formula is C22H29N3O2S. The van der Waals surface area contributed by atoms with E-state index < -0.39 is 6.04 Å². The Bertz CT molecular complexity index is 744. The van der Waals surface area contributed by atoms with E-state index in [2.05, 4.69) is 22.8 Å². The Morgan fingerprint density at radius 2 is 1.96 bits per heavy atom. The van der Waals surface area contributed by atoms with Crippen LogP contribution < -0.4 is 16.4 Å². The van der Waals surface area contributed by atoms with E-state index >= 15 is 0 Å². The SMILES string of the molecule is CCCNC(=O)/C=C/[C@H](CCc1ccccc1)NC(=O)[C@@H](N)Cc1cccs1. The van der Waals surface area contributed by atoms with Gasteiger partial charge >= 0.3 is 0 Å². The first-order chi connectivity index (χ1) is 13.6. The average Bonchev–Trinajstić information content (AvgIpc) is 3.22. The van der Waals surface area contributed by atoms with Crippen LogP contribution in [0.5, 0.6) is 0 Å². The highest BCUT2D eigenvalue weighted by Gasteiger charge is 2.18. The van der Waals surface area contributed by atoms with E-state index in [1.54, 1.807) is 17.4 Å². The van der Waals surface area contributed by atoms with Crippen LogP contribution in [0.25, 0.3) is 0 Å². The lowest BCUT2D eigenvalue weighted by atomic mass is 10.0. The lowest BCUT2D eigenvalue weighted by Crippen LogP contribution is -2.46. The zero-order valence-electron chi connectivity index (χ0n) is 16.3. The Morgan fingerprint density at radius 1 is 1.18 bits per heavy atom. The molecule has 28 heavy (non-hydrogen) atoms. The molecule has 2 amide bonds. The van der Waals surface area contributed by atoms with Crippen molar-refractivity contribution in [2.24, 2.45) is 5.73 Å². The van der Waals surface area contributed by atoms with Crippen LogP contribution in [0.15, 0.2) is 60.0 Å². The van der Waals surface area contributed by atoms with Crippen molar-refractivity contribution in [3.8, 4) is 0 Å². The molecule has 0 spiro atoms. The number of carbonyl (C=O) groups excluding carboxylic acids is 2. The third kappa shape index (κ3) is 8.06. The maximum Gasteiger partial charge on any atom is 0.243 e. The summed E-state index contributed by atoms with van der Waals surface area (Å²) in [6, 6.07) is 13.1. The summed E-state index contributed by atoms with van der Waals surface area (Å²) in [4.78, 5) is 25.5. The summed E-state index contributed by atoms with van der Waals surface area (Å²) in [5, 5.41) is 7.76. The number of thiophene rings is 1. The van der Waals surface area contributed by atoms with Gasteiger partial charge < -0.3 is 16.4 Å². The van der Waals surface area contributed by atoms with Crippen LogP contribution >= 0.6 is 11.3 Å². The summed E-state index contributed by atoms with van der Waals surface area (Å²) in [5.74, 6) is -0.353. The van der Waals surface area contributed by atoms with Crippen molar-refractivity contribution in [1.82, 2.24) is 10.6 Å². The molecule has 0 unspecified atom stereocenters. The zero-order chi connectivity index (χ0) is 20.2. The molecule has 5 nitrogen and oxygen atoms in total. The highest BCUT2D eigenvalue weighted by molar-refractivity contribution is 7.09. The van der Waals surface area contributed by atoms with Crippen LogP contribution in [-0.4, -0.2) is 30.4 Å². The fourth-order valence-electron chi connectivity index (χ4n) is 2.72. The number of carbonyl (C=O) groups is 2. The van der Waals surface area contributed by atoms with Gasteiger partial charge in [-0.3, -0.25) is 9.59 Å². The third-order valence-electron chi connectivity index (χ3n) is 4.28. The van der Waals surface area contributed by atoms with E-state index in [9.17, 15) is 9.59 Å². The fraction of sp³-hybridized carbons (Fsp3) is 0.364. The molecule has 2 aromatic rings. The molecule has 0 aliphatic rings. The Balaban J connectivity index is 1.96. The Morgan fingerprint density at radius 3 is 2.64 bits per heavy atom. The number of benzene rings is 1. The van der Waals surface area contributed by atoms with E-state index in [1.165, 1.54) is 11.6 Å². The van der Waals surface area contributed by atoms with Gasteiger partial charge in [0.2, 0.25) is 11.8 Å². The van der Waals surface area contributed by atoms with Gasteiger partial charge in [0.05, 0.1) is 6.04 Å². The summed E-state index contributed by atoms with van der Waals surface area (Å²) in [5.41, 5.74) is 7.27. The van der Waals surface area contributed by atoms with Crippen molar-refractivity contribution in [3.63, 3.8) is 0 Å². The molecule has 1 heterocycles. The number of nitrogens with one attached hydrogen (secondary N) is 2. The molecule has 0 radical (unpaired) electrons. The smallest absolute Gasteiger partial charge is 0.243 e. The molecule has 0 bridgehead atoms. The maximum absolute atomic E-state index is 12.5. The van der Waals surface area contributed by atoms with Crippen LogP contribution in [0.1, 0.15) is 30.2 Å². The van der Waals surface area contributed by atoms with Crippen LogP contribution in [0, 0.1) is 0 Å². The molecule has 150 valence electrons. The van der Waals surface area contributed by atoms with Crippen molar-refractivity contribution in [2.75, 3.05) is 6.54 Å². The van der Waals surface area contributed by atoms with Gasteiger partial charge in [-0.1, -0.05) is 49.4 Å². The number of aryl methyl sites for hydroxylation is 1. The summed E-state index contributed by atoms with van der Waals surface area (Å²) in [6.07, 6.45) is 6.13. The van der Waals surface area contributed by atoms with Gasteiger partial charge in [0.15, 0.2) is 0 Å². The third-order valence-corrected chi connectivity index (χ3v) is 5.18. The predicted octanol–water partition coefficient (Wildman–Crippen LogP) is 2.82. The summed E-state index contributed by atoms with van der Waals surface area (Å²) >= 11 is 1.59. The second kappa shape index (κ2) is 12.1. The monoisotopic (exact) mass is 399 g/mol. The van der Waals surface area contributed by atoms with Gasteiger partial charge in [0.25, 0.3) is 0 Å². The quantitative estimate of drug-likeness (QED) is 0.508. The van der Waals surface area contributed by atoms with Crippen LogP contribution in [0.4, 0.5) is 0 Å². The first-order valence-electron chi connectivity index (χ1n) is 9.66. The fourth-order valence-corrected chi connectivity index (χ4v) is 3.49. The molecule has 4 N–H and O–H groups in total. The number of hydrogen-bond acceptors (Lipinski definition) is 4. The molecule has 1 aromatic heterocycles. The van der Waals surface area contributed by atoms with E-state index in [-0.39, 0.29) is 17.9 Å². The lowest BCUT2D eigenvalue weighted by Gasteiger charge is -2.18. The number of nitrogens with two attached hydrogens (primary N) is 1. The molecule has 2 atom stereocenters. The molecule has 2 rings (SSSR count). The second-order valence-electron chi connectivity index (χ2n) is 6.68. The van der Waals surface area contributed by atoms with Crippen LogP contribution in [-0.2, 0) is 22.4 Å². The highest BCUT2D eigenvalue weighted by atomic mass is 32.1. The predicted molar refractivity (Wildman–Crippen MR) is 115 cm³/mol. The topological polar surface area (TPSA) is 84.2 Å². The minimum Gasteiger partial charge on any atom is -0.353 e. The van der Waals surface area contributed by atoms with Crippen molar-refractivity contribution < 1.29 is 9.59 Å². The van der Waals surface area contributed by atoms with Crippen molar-refractivity contribution in [3.05, 3.63) is 70.4 Å². The standard InChI is InChI=1S/C22H29N3O2S/c1-2-14-24-21(26)13-12-18(11-10-17-7-4-3-5-8-17)25-22(27)20(23)16-19-9-6-15-28-19/h3-9,12-13,15,18,20H,2,10-11,14,16,23H2,1H3,(H,24,26)(H,25,27)/b13-12+/t18-,20-/m0/s1. The normalized spacial score (nSPS) is 13.2. The van der Waals surface area contributed by atoms with Gasteiger partial charge in [0.1, 0.15) is 0 Å². The molecule has 0 fully saturated rings. The van der Waals surface area contributed by atoms with E-state index in [0.717, 1.165) is 17.7 Å². The zero-order valence-corrected chi connectivity index (χ0v) is 17.1. The molecule has 0 saturated carbocycles.